The van der Waals surface area contributed by atoms with Crippen LogP contribution in [0.2, 0.25) is 0 Å². The zero-order chi connectivity index (χ0) is 12.5. The molecule has 2 atom stereocenters. The Morgan fingerprint density at radius 3 is 3.00 bits per heavy atom. The molecule has 1 saturated heterocycles. The van der Waals surface area contributed by atoms with Gasteiger partial charge in [-0.1, -0.05) is 6.07 Å². The molecule has 0 aliphatic carbocycles. The van der Waals surface area contributed by atoms with E-state index in [-0.39, 0.29) is 5.56 Å². The summed E-state index contributed by atoms with van der Waals surface area (Å²) in [6.07, 6.45) is 2.30. The first-order valence-corrected chi connectivity index (χ1v) is 7.29. The minimum atomic E-state index is 0.163. The number of nitrogens with zero attached hydrogens (tertiary/aromatic N) is 2. The normalized spacial score (nSPS) is 26.9. The molecular formula is C14H19ClN2O. The number of fused-ring (bicyclic) bond motifs is 4. The van der Waals surface area contributed by atoms with E-state index in [1.807, 2.05) is 10.6 Å². The molecule has 18 heavy (non-hydrogen) atoms. The molecule has 3 rings (SSSR count). The number of rotatable bonds is 3. The highest BCUT2D eigenvalue weighted by molar-refractivity contribution is 6.17. The Kier molecular flexibility index (Phi) is 3.44. The van der Waals surface area contributed by atoms with Crippen LogP contribution >= 0.6 is 11.6 Å². The summed E-state index contributed by atoms with van der Waals surface area (Å²) in [7, 11) is 0. The summed E-state index contributed by atoms with van der Waals surface area (Å²) in [4.78, 5) is 14.4. The van der Waals surface area contributed by atoms with Gasteiger partial charge in [-0.25, -0.2) is 0 Å². The van der Waals surface area contributed by atoms with E-state index in [1.54, 1.807) is 6.07 Å². The van der Waals surface area contributed by atoms with Crippen molar-refractivity contribution in [3.8, 4) is 0 Å². The van der Waals surface area contributed by atoms with Gasteiger partial charge in [0.05, 0.1) is 0 Å². The van der Waals surface area contributed by atoms with Crippen LogP contribution in [0, 0.1) is 5.92 Å². The predicted molar refractivity (Wildman–Crippen MR) is 73.3 cm³/mol. The average Bonchev–Trinajstić information content (AvgIpc) is 2.38. The Balaban J connectivity index is 1.83. The molecule has 0 unspecified atom stereocenters. The first kappa shape index (κ1) is 12.2. The lowest BCUT2D eigenvalue weighted by atomic mass is 9.83. The van der Waals surface area contributed by atoms with Crippen LogP contribution in [0.4, 0.5) is 0 Å². The van der Waals surface area contributed by atoms with Gasteiger partial charge < -0.3 is 9.47 Å². The molecule has 2 bridgehead atoms. The summed E-state index contributed by atoms with van der Waals surface area (Å²) in [6, 6.07) is 5.69. The van der Waals surface area contributed by atoms with E-state index >= 15 is 0 Å². The van der Waals surface area contributed by atoms with Crippen LogP contribution in [0.3, 0.4) is 0 Å². The van der Waals surface area contributed by atoms with Crippen LogP contribution in [-0.2, 0) is 6.54 Å². The fraction of sp³-hybridized carbons (Fsp3) is 0.643. The van der Waals surface area contributed by atoms with E-state index in [2.05, 4.69) is 11.0 Å². The second kappa shape index (κ2) is 5.06. The van der Waals surface area contributed by atoms with Crippen LogP contribution in [-0.4, -0.2) is 35.0 Å². The third-order valence-electron chi connectivity index (χ3n) is 4.16. The Labute approximate surface area is 112 Å². The van der Waals surface area contributed by atoms with Crippen molar-refractivity contribution in [2.45, 2.75) is 25.3 Å². The molecule has 98 valence electrons. The molecule has 3 nitrogen and oxygen atoms in total. The largest absolute Gasteiger partial charge is 0.312 e. The summed E-state index contributed by atoms with van der Waals surface area (Å²) in [5.74, 6) is 1.90. The molecule has 0 saturated carbocycles. The maximum absolute atomic E-state index is 11.9. The van der Waals surface area contributed by atoms with Gasteiger partial charge in [0.1, 0.15) is 0 Å². The summed E-state index contributed by atoms with van der Waals surface area (Å²) >= 11 is 5.77. The standard InChI is InChI=1S/C14H19ClN2O/c15-5-2-6-16-8-11-7-12(10-16)13-3-1-4-14(18)17(13)9-11/h1,3-4,11-12H,2,5-10H2/t11-,12+/m1/s1. The van der Waals surface area contributed by atoms with Crippen molar-refractivity contribution in [2.24, 2.45) is 5.92 Å². The molecule has 0 N–H and O–H groups in total. The number of alkyl halides is 1. The molecule has 0 spiro atoms. The zero-order valence-electron chi connectivity index (χ0n) is 10.5. The van der Waals surface area contributed by atoms with E-state index < -0.39 is 0 Å². The highest BCUT2D eigenvalue weighted by atomic mass is 35.5. The second-order valence-electron chi connectivity index (χ2n) is 5.50. The lowest BCUT2D eigenvalue weighted by molar-refractivity contribution is 0.120. The summed E-state index contributed by atoms with van der Waals surface area (Å²) in [5, 5.41) is 0. The van der Waals surface area contributed by atoms with E-state index in [0.717, 1.165) is 38.5 Å². The fourth-order valence-corrected chi connectivity index (χ4v) is 3.58. The van der Waals surface area contributed by atoms with Crippen molar-refractivity contribution in [1.29, 1.82) is 0 Å². The monoisotopic (exact) mass is 266 g/mol. The Morgan fingerprint density at radius 1 is 1.28 bits per heavy atom. The molecule has 2 aliphatic heterocycles. The first-order chi connectivity index (χ1) is 8.78. The van der Waals surface area contributed by atoms with Crippen molar-refractivity contribution in [3.05, 3.63) is 34.2 Å². The smallest absolute Gasteiger partial charge is 0.250 e. The number of hydrogen-bond donors (Lipinski definition) is 0. The SMILES string of the molecule is O=c1cccc2n1C[C@@H]1C[C@H]2CN(CCCCl)C1. The first-order valence-electron chi connectivity index (χ1n) is 6.76. The van der Waals surface area contributed by atoms with Gasteiger partial charge in [0, 0.05) is 43.2 Å². The van der Waals surface area contributed by atoms with Crippen molar-refractivity contribution >= 4 is 11.6 Å². The van der Waals surface area contributed by atoms with Crippen molar-refractivity contribution in [1.82, 2.24) is 9.47 Å². The molecule has 1 aromatic heterocycles. The van der Waals surface area contributed by atoms with Crippen LogP contribution in [0.15, 0.2) is 23.0 Å². The molecule has 0 radical (unpaired) electrons. The summed E-state index contributed by atoms with van der Waals surface area (Å²) in [6.45, 7) is 4.18. The quantitative estimate of drug-likeness (QED) is 0.781. The van der Waals surface area contributed by atoms with E-state index in [1.165, 1.54) is 12.1 Å². The Hall–Kier alpha value is -0.800. The van der Waals surface area contributed by atoms with Crippen LogP contribution in [0.5, 0.6) is 0 Å². The lowest BCUT2D eigenvalue weighted by Gasteiger charge is -2.42. The molecule has 0 aromatic carbocycles. The van der Waals surface area contributed by atoms with E-state index in [4.69, 9.17) is 11.6 Å². The van der Waals surface area contributed by atoms with Crippen LogP contribution in [0.1, 0.15) is 24.5 Å². The topological polar surface area (TPSA) is 25.2 Å². The van der Waals surface area contributed by atoms with Gasteiger partial charge in [0.15, 0.2) is 0 Å². The number of aromatic nitrogens is 1. The average molecular weight is 267 g/mol. The molecular weight excluding hydrogens is 248 g/mol. The van der Waals surface area contributed by atoms with Crippen LogP contribution < -0.4 is 5.56 Å². The predicted octanol–water partition coefficient (Wildman–Crippen LogP) is 1.90. The maximum atomic E-state index is 11.9. The van der Waals surface area contributed by atoms with Gasteiger partial charge >= 0.3 is 0 Å². The van der Waals surface area contributed by atoms with Crippen molar-refractivity contribution in [2.75, 3.05) is 25.5 Å². The Bertz CT molecular complexity index is 485. The van der Waals surface area contributed by atoms with Gasteiger partial charge in [-0.2, -0.15) is 0 Å². The molecule has 1 fully saturated rings. The number of hydrogen-bond acceptors (Lipinski definition) is 2. The van der Waals surface area contributed by atoms with Gasteiger partial charge in [-0.3, -0.25) is 4.79 Å². The Morgan fingerprint density at radius 2 is 2.17 bits per heavy atom. The molecule has 3 heterocycles. The third kappa shape index (κ3) is 2.21. The van der Waals surface area contributed by atoms with Gasteiger partial charge in [0.25, 0.3) is 5.56 Å². The van der Waals surface area contributed by atoms with Gasteiger partial charge in [-0.15, -0.1) is 11.6 Å². The third-order valence-corrected chi connectivity index (χ3v) is 4.43. The lowest BCUT2D eigenvalue weighted by Crippen LogP contribution is -2.47. The van der Waals surface area contributed by atoms with Crippen molar-refractivity contribution < 1.29 is 0 Å². The minimum Gasteiger partial charge on any atom is -0.312 e. The molecule has 2 aliphatic rings. The molecule has 1 aromatic rings. The second-order valence-corrected chi connectivity index (χ2v) is 5.88. The highest BCUT2D eigenvalue weighted by Crippen LogP contribution is 2.34. The molecule has 0 amide bonds. The van der Waals surface area contributed by atoms with Crippen LogP contribution in [0.25, 0.3) is 0 Å². The number of pyridine rings is 1. The van der Waals surface area contributed by atoms with Crippen molar-refractivity contribution in [3.63, 3.8) is 0 Å². The number of likely N-dealkylation sites (tertiary alicyclic amines) is 1. The number of halogens is 1. The summed E-state index contributed by atoms with van der Waals surface area (Å²) < 4.78 is 1.98. The van der Waals surface area contributed by atoms with E-state index in [9.17, 15) is 4.79 Å². The summed E-state index contributed by atoms with van der Waals surface area (Å²) in [5.41, 5.74) is 1.39. The zero-order valence-corrected chi connectivity index (χ0v) is 11.3. The van der Waals surface area contributed by atoms with E-state index in [0.29, 0.717) is 11.8 Å². The van der Waals surface area contributed by atoms with Gasteiger partial charge in [0.2, 0.25) is 0 Å². The fourth-order valence-electron chi connectivity index (χ4n) is 3.46. The molecule has 4 heteroatoms. The maximum Gasteiger partial charge on any atom is 0.250 e. The minimum absolute atomic E-state index is 0.163. The van der Waals surface area contributed by atoms with Gasteiger partial charge in [-0.05, 0) is 31.4 Å². The highest BCUT2D eigenvalue weighted by Gasteiger charge is 2.33. The number of piperidine rings is 1.